The van der Waals surface area contributed by atoms with Crippen LogP contribution in [-0.4, -0.2) is 47.5 Å². The number of rotatable bonds is 5. The summed E-state index contributed by atoms with van der Waals surface area (Å²) in [5.41, 5.74) is 0. The van der Waals surface area contributed by atoms with E-state index in [1.807, 2.05) is 15.6 Å². The van der Waals surface area contributed by atoms with Crippen LogP contribution in [0.2, 0.25) is 0 Å². The van der Waals surface area contributed by atoms with Crippen molar-refractivity contribution in [2.45, 2.75) is 25.8 Å². The van der Waals surface area contributed by atoms with Crippen molar-refractivity contribution in [3.8, 4) is 0 Å². The molecule has 0 spiro atoms. The molecule has 1 aromatic heterocycles. The van der Waals surface area contributed by atoms with Gasteiger partial charge in [0.05, 0.1) is 12.8 Å². The van der Waals surface area contributed by atoms with Gasteiger partial charge in [0.1, 0.15) is 5.82 Å². The number of anilines is 1. The fraction of sp³-hybridized carbons (Fsp3) is 0.714. The van der Waals surface area contributed by atoms with Crippen LogP contribution in [0.3, 0.4) is 0 Å². The lowest BCUT2D eigenvalue weighted by Crippen LogP contribution is -2.34. The van der Waals surface area contributed by atoms with Crippen LogP contribution in [0.25, 0.3) is 0 Å². The second-order valence-corrected chi connectivity index (χ2v) is 5.83. The highest BCUT2D eigenvalue weighted by atomic mass is 16.5. The van der Waals surface area contributed by atoms with Gasteiger partial charge >= 0.3 is 6.03 Å². The Kier molecular flexibility index (Phi) is 3.91. The summed E-state index contributed by atoms with van der Waals surface area (Å²) in [5, 5.41) is 7.26. The van der Waals surface area contributed by atoms with Crippen LogP contribution in [-0.2, 0) is 11.3 Å². The van der Waals surface area contributed by atoms with Gasteiger partial charge in [0.15, 0.2) is 0 Å². The Morgan fingerprint density at radius 1 is 1.45 bits per heavy atom. The SMILES string of the molecule is COC[C@@H]1CCN(C(=O)Nc2ccnn2CC2CC2)C1. The van der Waals surface area contributed by atoms with E-state index in [-0.39, 0.29) is 6.03 Å². The quantitative estimate of drug-likeness (QED) is 0.893. The minimum absolute atomic E-state index is 0.0267. The van der Waals surface area contributed by atoms with E-state index in [1.54, 1.807) is 13.3 Å². The maximum atomic E-state index is 12.2. The Labute approximate surface area is 119 Å². The number of hydrogen-bond acceptors (Lipinski definition) is 3. The predicted molar refractivity (Wildman–Crippen MR) is 75.5 cm³/mol. The summed E-state index contributed by atoms with van der Waals surface area (Å²) < 4.78 is 7.06. The van der Waals surface area contributed by atoms with Gasteiger partial charge in [-0.2, -0.15) is 5.10 Å². The van der Waals surface area contributed by atoms with Crippen molar-refractivity contribution < 1.29 is 9.53 Å². The molecule has 0 unspecified atom stereocenters. The zero-order valence-corrected chi connectivity index (χ0v) is 11.9. The lowest BCUT2D eigenvalue weighted by molar-refractivity contribution is 0.154. The number of ether oxygens (including phenoxy) is 1. The zero-order valence-electron chi connectivity index (χ0n) is 11.9. The summed E-state index contributed by atoms with van der Waals surface area (Å²) in [7, 11) is 1.71. The van der Waals surface area contributed by atoms with Crippen LogP contribution in [0.5, 0.6) is 0 Å². The Morgan fingerprint density at radius 3 is 3.05 bits per heavy atom. The molecule has 6 nitrogen and oxygen atoms in total. The first kappa shape index (κ1) is 13.4. The lowest BCUT2D eigenvalue weighted by Gasteiger charge is -2.17. The van der Waals surface area contributed by atoms with E-state index in [0.717, 1.165) is 44.4 Å². The highest BCUT2D eigenvalue weighted by Gasteiger charge is 2.27. The molecule has 1 aliphatic heterocycles. The van der Waals surface area contributed by atoms with Crippen LogP contribution in [0.15, 0.2) is 12.3 Å². The molecule has 1 saturated carbocycles. The summed E-state index contributed by atoms with van der Waals surface area (Å²) in [6.07, 6.45) is 5.31. The summed E-state index contributed by atoms with van der Waals surface area (Å²) in [6.45, 7) is 3.21. The number of likely N-dealkylation sites (tertiary alicyclic amines) is 1. The van der Waals surface area contributed by atoms with E-state index < -0.39 is 0 Å². The number of urea groups is 1. The van der Waals surface area contributed by atoms with E-state index in [1.165, 1.54) is 12.8 Å². The Morgan fingerprint density at radius 2 is 2.30 bits per heavy atom. The lowest BCUT2D eigenvalue weighted by atomic mass is 10.1. The normalized spacial score (nSPS) is 22.2. The number of nitrogens with one attached hydrogen (secondary N) is 1. The second-order valence-electron chi connectivity index (χ2n) is 5.83. The predicted octanol–water partition coefficient (Wildman–Crippen LogP) is 1.79. The van der Waals surface area contributed by atoms with Crippen molar-refractivity contribution in [2.75, 3.05) is 32.1 Å². The third-order valence-electron chi connectivity index (χ3n) is 4.06. The number of carbonyl (C=O) groups excluding carboxylic acids is 1. The van der Waals surface area contributed by atoms with Crippen molar-refractivity contribution in [3.05, 3.63) is 12.3 Å². The molecular weight excluding hydrogens is 256 g/mol. The van der Waals surface area contributed by atoms with Gasteiger partial charge in [-0.15, -0.1) is 0 Å². The molecule has 2 heterocycles. The fourth-order valence-electron chi connectivity index (χ4n) is 2.71. The van der Waals surface area contributed by atoms with Crippen LogP contribution in [0.1, 0.15) is 19.3 Å². The van der Waals surface area contributed by atoms with Gasteiger partial charge in [-0.1, -0.05) is 0 Å². The average Bonchev–Trinajstić information content (AvgIpc) is 2.94. The topological polar surface area (TPSA) is 59.4 Å². The highest BCUT2D eigenvalue weighted by molar-refractivity contribution is 5.88. The molecule has 1 saturated heterocycles. The zero-order chi connectivity index (χ0) is 13.9. The molecule has 3 rings (SSSR count). The van der Waals surface area contributed by atoms with Crippen LogP contribution < -0.4 is 5.32 Å². The Balaban J connectivity index is 1.54. The highest BCUT2D eigenvalue weighted by Crippen LogP contribution is 2.31. The maximum absolute atomic E-state index is 12.2. The van der Waals surface area contributed by atoms with E-state index in [0.29, 0.717) is 5.92 Å². The molecule has 1 aliphatic carbocycles. The number of aromatic nitrogens is 2. The largest absolute Gasteiger partial charge is 0.384 e. The van der Waals surface area contributed by atoms with Gasteiger partial charge in [0, 0.05) is 38.7 Å². The molecule has 0 bridgehead atoms. The smallest absolute Gasteiger partial charge is 0.323 e. The average molecular weight is 278 g/mol. The number of nitrogens with zero attached hydrogens (tertiary/aromatic N) is 3. The van der Waals surface area contributed by atoms with Gasteiger partial charge in [-0.3, -0.25) is 5.32 Å². The van der Waals surface area contributed by atoms with Crippen molar-refractivity contribution >= 4 is 11.8 Å². The Bertz CT molecular complexity index is 469. The van der Waals surface area contributed by atoms with Gasteiger partial charge < -0.3 is 9.64 Å². The molecule has 2 amide bonds. The van der Waals surface area contributed by atoms with E-state index in [4.69, 9.17) is 4.74 Å². The first-order chi connectivity index (χ1) is 9.76. The van der Waals surface area contributed by atoms with Crippen molar-refractivity contribution in [3.63, 3.8) is 0 Å². The van der Waals surface area contributed by atoms with Gasteiger partial charge in [-0.05, 0) is 25.2 Å². The van der Waals surface area contributed by atoms with Crippen molar-refractivity contribution in [2.24, 2.45) is 11.8 Å². The minimum atomic E-state index is -0.0267. The second kappa shape index (κ2) is 5.83. The summed E-state index contributed by atoms with van der Waals surface area (Å²) in [6, 6.07) is 1.84. The summed E-state index contributed by atoms with van der Waals surface area (Å²) in [4.78, 5) is 14.1. The third-order valence-corrected chi connectivity index (χ3v) is 4.06. The summed E-state index contributed by atoms with van der Waals surface area (Å²) in [5.74, 6) is 2.00. The van der Waals surface area contributed by atoms with Crippen molar-refractivity contribution in [1.29, 1.82) is 0 Å². The number of hydrogen-bond donors (Lipinski definition) is 1. The van der Waals surface area contributed by atoms with Crippen LogP contribution in [0.4, 0.5) is 10.6 Å². The van der Waals surface area contributed by atoms with Gasteiger partial charge in [0.25, 0.3) is 0 Å². The molecule has 1 N–H and O–H groups in total. The number of methoxy groups -OCH3 is 1. The Hall–Kier alpha value is -1.56. The number of carbonyl (C=O) groups is 1. The van der Waals surface area contributed by atoms with Crippen molar-refractivity contribution in [1.82, 2.24) is 14.7 Å². The molecule has 6 heteroatoms. The van der Waals surface area contributed by atoms with Gasteiger partial charge in [-0.25, -0.2) is 9.48 Å². The number of amides is 2. The maximum Gasteiger partial charge on any atom is 0.323 e. The molecule has 2 fully saturated rings. The van der Waals surface area contributed by atoms with E-state index in [9.17, 15) is 4.79 Å². The molecule has 1 atom stereocenters. The molecular formula is C14H22N4O2. The molecule has 2 aliphatic rings. The fourth-order valence-corrected chi connectivity index (χ4v) is 2.71. The molecule has 0 radical (unpaired) electrons. The van der Waals surface area contributed by atoms with E-state index in [2.05, 4.69) is 10.4 Å². The molecule has 1 aromatic rings. The molecule has 110 valence electrons. The van der Waals surface area contributed by atoms with E-state index >= 15 is 0 Å². The monoisotopic (exact) mass is 278 g/mol. The van der Waals surface area contributed by atoms with Gasteiger partial charge in [0.2, 0.25) is 0 Å². The first-order valence-electron chi connectivity index (χ1n) is 7.33. The molecule has 0 aromatic carbocycles. The van der Waals surface area contributed by atoms with Crippen LogP contribution in [0, 0.1) is 11.8 Å². The first-order valence-corrected chi connectivity index (χ1v) is 7.33. The third kappa shape index (κ3) is 3.12. The minimum Gasteiger partial charge on any atom is -0.384 e. The molecule has 20 heavy (non-hydrogen) atoms. The van der Waals surface area contributed by atoms with Crippen LogP contribution >= 0.6 is 0 Å². The standard InChI is InChI=1S/C14H22N4O2/c1-20-10-12-5-7-17(8-12)14(19)16-13-4-6-15-18(13)9-11-2-3-11/h4,6,11-12H,2-3,5,7-10H2,1H3,(H,16,19)/t12-/m1/s1. The summed E-state index contributed by atoms with van der Waals surface area (Å²) >= 11 is 0.